The van der Waals surface area contributed by atoms with E-state index in [0.29, 0.717) is 24.1 Å². The zero-order valence-corrected chi connectivity index (χ0v) is 7.94. The Balaban J connectivity index is 2.08. The molecule has 0 radical (unpaired) electrons. The van der Waals surface area contributed by atoms with Gasteiger partial charge in [0.1, 0.15) is 0 Å². The summed E-state index contributed by atoms with van der Waals surface area (Å²) in [5, 5.41) is 0. The summed E-state index contributed by atoms with van der Waals surface area (Å²) in [5.41, 5.74) is 0. The van der Waals surface area contributed by atoms with Gasteiger partial charge in [-0.1, -0.05) is 12.8 Å². The largest absolute Gasteiger partial charge is 0.215 e. The maximum Gasteiger partial charge on any atom is 0.211 e. The van der Waals surface area contributed by atoms with Crippen LogP contribution < -0.4 is 4.72 Å². The molecule has 1 saturated carbocycles. The molecule has 0 aromatic heterocycles. The van der Waals surface area contributed by atoms with Crippen molar-refractivity contribution >= 4 is 10.0 Å². The second-order valence-corrected chi connectivity index (χ2v) is 5.79. The molecule has 12 heavy (non-hydrogen) atoms. The van der Waals surface area contributed by atoms with Crippen LogP contribution in [-0.2, 0) is 10.0 Å². The lowest BCUT2D eigenvalue weighted by molar-refractivity contribution is 0.247. The molecule has 1 heterocycles. The van der Waals surface area contributed by atoms with E-state index in [9.17, 15) is 8.42 Å². The molecule has 1 saturated heterocycles. The van der Waals surface area contributed by atoms with Gasteiger partial charge in [0.05, 0.1) is 5.75 Å². The summed E-state index contributed by atoms with van der Waals surface area (Å²) in [5.74, 6) is 1.45. The molecule has 4 heteroatoms. The monoisotopic (exact) mass is 189 g/mol. The van der Waals surface area contributed by atoms with E-state index in [2.05, 4.69) is 4.72 Å². The van der Waals surface area contributed by atoms with Gasteiger partial charge >= 0.3 is 0 Å². The van der Waals surface area contributed by atoms with E-state index in [1.807, 2.05) is 0 Å². The van der Waals surface area contributed by atoms with E-state index in [0.717, 1.165) is 6.42 Å². The van der Waals surface area contributed by atoms with Gasteiger partial charge < -0.3 is 0 Å². The zero-order valence-electron chi connectivity index (χ0n) is 7.12. The summed E-state index contributed by atoms with van der Waals surface area (Å²) in [6.07, 6.45) is 4.83. The number of hydrogen-bond donors (Lipinski definition) is 1. The van der Waals surface area contributed by atoms with E-state index in [4.69, 9.17) is 0 Å². The zero-order chi connectivity index (χ0) is 8.60. The lowest BCUT2D eigenvalue weighted by atomic mass is 9.80. The molecule has 2 rings (SSSR count). The first-order valence-electron chi connectivity index (χ1n) is 4.65. The van der Waals surface area contributed by atoms with Gasteiger partial charge in [0, 0.05) is 6.54 Å². The number of nitrogens with one attached hydrogen (secondary N) is 1. The van der Waals surface area contributed by atoms with Crippen molar-refractivity contribution in [3.63, 3.8) is 0 Å². The molecule has 2 fully saturated rings. The van der Waals surface area contributed by atoms with Crippen LogP contribution in [0.5, 0.6) is 0 Å². The van der Waals surface area contributed by atoms with Crippen LogP contribution in [0.3, 0.4) is 0 Å². The Kier molecular flexibility index (Phi) is 2.12. The summed E-state index contributed by atoms with van der Waals surface area (Å²) in [7, 11) is -2.90. The Morgan fingerprint density at radius 1 is 1.08 bits per heavy atom. The van der Waals surface area contributed by atoms with Gasteiger partial charge in [-0.05, 0) is 24.7 Å². The minimum Gasteiger partial charge on any atom is -0.215 e. The van der Waals surface area contributed by atoms with Crippen LogP contribution in [0.25, 0.3) is 0 Å². The highest BCUT2D eigenvalue weighted by Gasteiger charge is 2.33. The fraction of sp³-hybridized carbons (Fsp3) is 1.00. The lowest BCUT2D eigenvalue weighted by Gasteiger charge is -2.35. The molecule has 0 unspecified atom stereocenters. The minimum absolute atomic E-state index is 0.373. The fourth-order valence-electron chi connectivity index (χ4n) is 2.35. The van der Waals surface area contributed by atoms with Gasteiger partial charge in [-0.25, -0.2) is 13.1 Å². The van der Waals surface area contributed by atoms with Crippen molar-refractivity contribution in [3.8, 4) is 0 Å². The second kappa shape index (κ2) is 3.00. The van der Waals surface area contributed by atoms with Gasteiger partial charge in [-0.3, -0.25) is 0 Å². The van der Waals surface area contributed by atoms with E-state index in [1.54, 1.807) is 0 Å². The predicted molar refractivity (Wildman–Crippen MR) is 47.2 cm³/mol. The molecule has 3 nitrogen and oxygen atoms in total. The molecule has 0 spiro atoms. The molecular formula is C8H15NO2S. The van der Waals surface area contributed by atoms with Crippen molar-refractivity contribution < 1.29 is 8.42 Å². The van der Waals surface area contributed by atoms with Gasteiger partial charge in [-0.15, -0.1) is 0 Å². The molecule has 70 valence electrons. The standard InChI is InChI=1S/C8H15NO2S/c10-12(11)6-8-4-2-1-3-7(8)5-9-12/h7-9H,1-6H2/t7-,8+/m0/s1. The highest BCUT2D eigenvalue weighted by Crippen LogP contribution is 2.32. The smallest absolute Gasteiger partial charge is 0.211 e. The van der Waals surface area contributed by atoms with Gasteiger partial charge in [0.15, 0.2) is 0 Å². The van der Waals surface area contributed by atoms with Crippen molar-refractivity contribution in [1.29, 1.82) is 0 Å². The van der Waals surface area contributed by atoms with Crippen molar-refractivity contribution in [2.75, 3.05) is 12.3 Å². The lowest BCUT2D eigenvalue weighted by Crippen LogP contribution is -2.45. The fourth-order valence-corrected chi connectivity index (χ4v) is 3.94. The average molecular weight is 189 g/mol. The SMILES string of the molecule is O=S1(=O)C[C@H]2CCCC[C@H]2CN1. The number of fused-ring (bicyclic) bond motifs is 1. The summed E-state index contributed by atoms with van der Waals surface area (Å²) < 4.78 is 25.0. The minimum atomic E-state index is -2.90. The molecule has 1 aliphatic carbocycles. The maximum absolute atomic E-state index is 11.2. The Hall–Kier alpha value is -0.0900. The van der Waals surface area contributed by atoms with Crippen LogP contribution in [-0.4, -0.2) is 20.7 Å². The molecule has 2 atom stereocenters. The topological polar surface area (TPSA) is 46.2 Å². The van der Waals surface area contributed by atoms with Crippen molar-refractivity contribution in [2.24, 2.45) is 11.8 Å². The first-order valence-corrected chi connectivity index (χ1v) is 6.30. The molecule has 0 aromatic carbocycles. The predicted octanol–water partition coefficient (Wildman–Crippen LogP) is 0.726. The summed E-state index contributed by atoms with van der Waals surface area (Å²) >= 11 is 0. The third kappa shape index (κ3) is 1.64. The Labute approximate surface area is 73.6 Å². The molecule has 0 aromatic rings. The van der Waals surface area contributed by atoms with Crippen LogP contribution in [0.15, 0.2) is 0 Å². The van der Waals surface area contributed by atoms with Gasteiger partial charge in [0.25, 0.3) is 0 Å². The normalized spacial score (nSPS) is 40.3. The summed E-state index contributed by atoms with van der Waals surface area (Å²) in [6, 6.07) is 0. The highest BCUT2D eigenvalue weighted by atomic mass is 32.2. The summed E-state index contributed by atoms with van der Waals surface area (Å²) in [6.45, 7) is 0.688. The van der Waals surface area contributed by atoms with E-state index < -0.39 is 10.0 Å². The Morgan fingerprint density at radius 2 is 1.75 bits per heavy atom. The maximum atomic E-state index is 11.2. The van der Waals surface area contributed by atoms with Crippen LogP contribution in [0.2, 0.25) is 0 Å². The van der Waals surface area contributed by atoms with Gasteiger partial charge in [-0.2, -0.15) is 0 Å². The van der Waals surface area contributed by atoms with E-state index >= 15 is 0 Å². The highest BCUT2D eigenvalue weighted by molar-refractivity contribution is 7.89. The number of rotatable bonds is 0. The molecule has 0 amide bonds. The first-order chi connectivity index (χ1) is 5.67. The Bertz CT molecular complexity index is 260. The summed E-state index contributed by atoms with van der Waals surface area (Å²) in [4.78, 5) is 0. The van der Waals surface area contributed by atoms with Crippen LogP contribution in [0.1, 0.15) is 25.7 Å². The van der Waals surface area contributed by atoms with Crippen molar-refractivity contribution in [1.82, 2.24) is 4.72 Å². The third-order valence-corrected chi connectivity index (χ3v) is 4.54. The quantitative estimate of drug-likeness (QED) is 0.610. The van der Waals surface area contributed by atoms with E-state index in [-0.39, 0.29) is 0 Å². The number of hydrogen-bond acceptors (Lipinski definition) is 2. The molecule has 1 aliphatic heterocycles. The first kappa shape index (κ1) is 8.51. The van der Waals surface area contributed by atoms with Crippen molar-refractivity contribution in [3.05, 3.63) is 0 Å². The molecule has 2 aliphatic rings. The van der Waals surface area contributed by atoms with Gasteiger partial charge in [0.2, 0.25) is 10.0 Å². The van der Waals surface area contributed by atoms with Crippen molar-refractivity contribution in [2.45, 2.75) is 25.7 Å². The third-order valence-electron chi connectivity index (χ3n) is 3.07. The molecule has 0 bridgehead atoms. The number of sulfonamides is 1. The molecular weight excluding hydrogens is 174 g/mol. The van der Waals surface area contributed by atoms with E-state index in [1.165, 1.54) is 19.3 Å². The van der Waals surface area contributed by atoms with Crippen LogP contribution in [0.4, 0.5) is 0 Å². The average Bonchev–Trinajstić information content (AvgIpc) is 2.02. The van der Waals surface area contributed by atoms with Crippen LogP contribution >= 0.6 is 0 Å². The van der Waals surface area contributed by atoms with Crippen LogP contribution in [0, 0.1) is 11.8 Å². The second-order valence-electron chi connectivity index (χ2n) is 3.93. The molecule has 1 N–H and O–H groups in total. The Morgan fingerprint density at radius 3 is 2.50 bits per heavy atom.